The lowest BCUT2D eigenvalue weighted by atomic mass is 9.89. The first-order valence-electron chi connectivity index (χ1n) is 8.65. The lowest BCUT2D eigenvalue weighted by molar-refractivity contribution is -0.142. The van der Waals surface area contributed by atoms with Crippen LogP contribution in [-0.4, -0.2) is 35.0 Å². The fraction of sp³-hybridized carbons (Fsp3) is 0.579. The number of benzene rings is 1. The van der Waals surface area contributed by atoms with Crippen molar-refractivity contribution in [1.82, 2.24) is 4.90 Å². The van der Waals surface area contributed by atoms with Gasteiger partial charge in [-0.1, -0.05) is 57.0 Å². The molecule has 0 aliphatic carbocycles. The first kappa shape index (κ1) is 17.5. The molecule has 0 spiro atoms. The van der Waals surface area contributed by atoms with Crippen molar-refractivity contribution in [1.29, 1.82) is 0 Å². The van der Waals surface area contributed by atoms with E-state index in [2.05, 4.69) is 6.92 Å². The Labute approximate surface area is 138 Å². The molecule has 4 nitrogen and oxygen atoms in total. The molecule has 0 saturated carbocycles. The summed E-state index contributed by atoms with van der Waals surface area (Å²) in [5.74, 6) is -1.27. The van der Waals surface area contributed by atoms with Crippen molar-refractivity contribution in [3.8, 4) is 0 Å². The Bertz CT molecular complexity index is 529. The molecule has 1 N–H and O–H groups in total. The second-order valence-electron chi connectivity index (χ2n) is 6.45. The Hall–Kier alpha value is -1.84. The van der Waals surface area contributed by atoms with Crippen molar-refractivity contribution in [3.05, 3.63) is 35.9 Å². The van der Waals surface area contributed by atoms with E-state index in [-0.39, 0.29) is 17.7 Å². The van der Waals surface area contributed by atoms with Crippen molar-refractivity contribution < 1.29 is 14.7 Å². The van der Waals surface area contributed by atoms with Gasteiger partial charge in [0, 0.05) is 24.9 Å². The van der Waals surface area contributed by atoms with E-state index in [1.54, 1.807) is 4.90 Å². The molecule has 1 fully saturated rings. The van der Waals surface area contributed by atoms with E-state index in [1.165, 1.54) is 0 Å². The average molecular weight is 317 g/mol. The van der Waals surface area contributed by atoms with E-state index in [9.17, 15) is 14.7 Å². The zero-order valence-corrected chi connectivity index (χ0v) is 14.1. The summed E-state index contributed by atoms with van der Waals surface area (Å²) < 4.78 is 0. The fourth-order valence-electron chi connectivity index (χ4n) is 3.48. The SMILES string of the molecule is CCCCC(CC)C(=O)N1CC(C(=O)O)C(c2ccccc2)C1. The number of aliphatic carboxylic acids is 1. The van der Waals surface area contributed by atoms with Crippen LogP contribution < -0.4 is 0 Å². The van der Waals surface area contributed by atoms with Gasteiger partial charge in [0.05, 0.1) is 5.92 Å². The highest BCUT2D eigenvalue weighted by Gasteiger charge is 2.41. The second kappa shape index (κ2) is 8.14. The average Bonchev–Trinajstić information content (AvgIpc) is 3.01. The summed E-state index contributed by atoms with van der Waals surface area (Å²) in [4.78, 5) is 26.2. The molecule has 1 amide bonds. The largest absolute Gasteiger partial charge is 0.481 e. The summed E-state index contributed by atoms with van der Waals surface area (Å²) in [6, 6.07) is 9.70. The zero-order chi connectivity index (χ0) is 16.8. The Morgan fingerprint density at radius 2 is 1.91 bits per heavy atom. The number of carbonyl (C=O) groups excluding carboxylic acids is 1. The normalized spacial score (nSPS) is 22.1. The molecule has 1 aliphatic heterocycles. The van der Waals surface area contributed by atoms with Gasteiger partial charge < -0.3 is 10.0 Å². The third-order valence-electron chi connectivity index (χ3n) is 4.92. The number of rotatable bonds is 7. The smallest absolute Gasteiger partial charge is 0.308 e. The predicted molar refractivity (Wildman–Crippen MR) is 90.2 cm³/mol. The first-order valence-corrected chi connectivity index (χ1v) is 8.65. The van der Waals surface area contributed by atoms with Crippen LogP contribution in [0.5, 0.6) is 0 Å². The maximum Gasteiger partial charge on any atom is 0.308 e. The highest BCUT2D eigenvalue weighted by atomic mass is 16.4. The van der Waals surface area contributed by atoms with Crippen LogP contribution in [0.15, 0.2) is 30.3 Å². The number of likely N-dealkylation sites (tertiary alicyclic amines) is 1. The molecule has 3 unspecified atom stereocenters. The predicted octanol–water partition coefficient (Wildman–Crippen LogP) is 3.53. The molecule has 3 atom stereocenters. The second-order valence-corrected chi connectivity index (χ2v) is 6.45. The third kappa shape index (κ3) is 4.12. The van der Waals surface area contributed by atoms with Gasteiger partial charge in [-0.3, -0.25) is 9.59 Å². The van der Waals surface area contributed by atoms with Gasteiger partial charge in [-0.25, -0.2) is 0 Å². The summed E-state index contributed by atoms with van der Waals surface area (Å²) >= 11 is 0. The molecule has 0 bridgehead atoms. The molecule has 1 aromatic carbocycles. The fourth-order valence-corrected chi connectivity index (χ4v) is 3.48. The Balaban J connectivity index is 2.13. The molecule has 1 aromatic rings. The molecule has 2 rings (SSSR count). The van der Waals surface area contributed by atoms with Gasteiger partial charge in [0.2, 0.25) is 5.91 Å². The van der Waals surface area contributed by atoms with E-state index in [1.807, 2.05) is 37.3 Å². The monoisotopic (exact) mass is 317 g/mol. The molecule has 0 aromatic heterocycles. The standard InChI is InChI=1S/C19H27NO3/c1-3-5-9-14(4-2)18(21)20-12-16(17(13-20)19(22)23)15-10-7-6-8-11-15/h6-8,10-11,14,16-17H,3-5,9,12-13H2,1-2H3,(H,22,23). The van der Waals surface area contributed by atoms with Crippen LogP contribution in [-0.2, 0) is 9.59 Å². The lowest BCUT2D eigenvalue weighted by Gasteiger charge is -2.22. The van der Waals surface area contributed by atoms with Crippen LogP contribution in [0.25, 0.3) is 0 Å². The maximum absolute atomic E-state index is 12.8. The minimum Gasteiger partial charge on any atom is -0.481 e. The summed E-state index contributed by atoms with van der Waals surface area (Å²) in [7, 11) is 0. The Morgan fingerprint density at radius 1 is 1.22 bits per heavy atom. The summed E-state index contributed by atoms with van der Waals surface area (Å²) in [5, 5.41) is 9.54. The number of hydrogen-bond acceptors (Lipinski definition) is 2. The summed E-state index contributed by atoms with van der Waals surface area (Å²) in [6.45, 7) is 5.01. The van der Waals surface area contributed by atoms with Gasteiger partial charge in [0.25, 0.3) is 0 Å². The van der Waals surface area contributed by atoms with Gasteiger partial charge in [0.1, 0.15) is 0 Å². The molecule has 23 heavy (non-hydrogen) atoms. The van der Waals surface area contributed by atoms with E-state index in [4.69, 9.17) is 0 Å². The highest BCUT2D eigenvalue weighted by Crippen LogP contribution is 2.34. The number of carboxylic acid groups (broad SMARTS) is 1. The quantitative estimate of drug-likeness (QED) is 0.837. The van der Waals surface area contributed by atoms with Crippen molar-refractivity contribution in [2.75, 3.05) is 13.1 Å². The van der Waals surface area contributed by atoms with Crippen LogP contribution >= 0.6 is 0 Å². The molecular weight excluding hydrogens is 290 g/mol. The van der Waals surface area contributed by atoms with Crippen LogP contribution in [0, 0.1) is 11.8 Å². The van der Waals surface area contributed by atoms with Gasteiger partial charge in [-0.05, 0) is 18.4 Å². The van der Waals surface area contributed by atoms with E-state index < -0.39 is 11.9 Å². The summed E-state index contributed by atoms with van der Waals surface area (Å²) in [6.07, 6.45) is 3.84. The molecule has 0 radical (unpaired) electrons. The summed E-state index contributed by atoms with van der Waals surface area (Å²) in [5.41, 5.74) is 1.01. The van der Waals surface area contributed by atoms with E-state index in [0.29, 0.717) is 13.1 Å². The molecular formula is C19H27NO3. The van der Waals surface area contributed by atoms with Gasteiger partial charge in [-0.2, -0.15) is 0 Å². The molecule has 1 aliphatic rings. The number of amides is 1. The van der Waals surface area contributed by atoms with Crippen LogP contribution in [0.1, 0.15) is 51.0 Å². The van der Waals surface area contributed by atoms with Crippen LogP contribution in [0.2, 0.25) is 0 Å². The van der Waals surface area contributed by atoms with Crippen LogP contribution in [0.4, 0.5) is 0 Å². The van der Waals surface area contributed by atoms with Crippen molar-refractivity contribution in [3.63, 3.8) is 0 Å². The molecule has 1 saturated heterocycles. The molecule has 4 heteroatoms. The number of hydrogen-bond donors (Lipinski definition) is 1. The Morgan fingerprint density at radius 3 is 2.48 bits per heavy atom. The first-order chi connectivity index (χ1) is 11.1. The molecule has 126 valence electrons. The van der Waals surface area contributed by atoms with E-state index >= 15 is 0 Å². The minimum absolute atomic E-state index is 0.0268. The maximum atomic E-state index is 12.8. The Kier molecular flexibility index (Phi) is 6.20. The highest BCUT2D eigenvalue weighted by molar-refractivity contribution is 5.81. The van der Waals surface area contributed by atoms with E-state index in [0.717, 1.165) is 31.2 Å². The van der Waals surface area contributed by atoms with Crippen LogP contribution in [0.3, 0.4) is 0 Å². The number of unbranched alkanes of at least 4 members (excludes halogenated alkanes) is 1. The lowest BCUT2D eigenvalue weighted by Crippen LogP contribution is -2.35. The van der Waals surface area contributed by atoms with Crippen molar-refractivity contribution in [2.45, 2.75) is 45.4 Å². The number of carboxylic acids is 1. The third-order valence-corrected chi connectivity index (χ3v) is 4.92. The molecule has 1 heterocycles. The van der Waals surface area contributed by atoms with Gasteiger partial charge in [-0.15, -0.1) is 0 Å². The number of carbonyl (C=O) groups is 2. The van der Waals surface area contributed by atoms with Gasteiger partial charge >= 0.3 is 5.97 Å². The topological polar surface area (TPSA) is 57.6 Å². The zero-order valence-electron chi connectivity index (χ0n) is 14.1. The van der Waals surface area contributed by atoms with Crippen molar-refractivity contribution in [2.24, 2.45) is 11.8 Å². The van der Waals surface area contributed by atoms with Gasteiger partial charge in [0.15, 0.2) is 0 Å². The minimum atomic E-state index is -0.809. The number of nitrogens with zero attached hydrogens (tertiary/aromatic N) is 1. The van der Waals surface area contributed by atoms with Crippen molar-refractivity contribution >= 4 is 11.9 Å².